The van der Waals surface area contributed by atoms with Crippen LogP contribution in [-0.4, -0.2) is 61.9 Å². The fraction of sp³-hybridized carbons (Fsp3) is 0.360. The number of rotatable bonds is 7. The van der Waals surface area contributed by atoms with Gasteiger partial charge in [-0.3, -0.25) is 9.78 Å². The van der Waals surface area contributed by atoms with Crippen molar-refractivity contribution in [1.29, 1.82) is 0 Å². The predicted octanol–water partition coefficient (Wildman–Crippen LogP) is 4.77. The van der Waals surface area contributed by atoms with Crippen LogP contribution >= 0.6 is 0 Å². The molecule has 3 aromatic heterocycles. The van der Waals surface area contributed by atoms with Crippen LogP contribution < -0.4 is 14.8 Å². The number of halogens is 4. The van der Waals surface area contributed by atoms with Crippen LogP contribution in [0.25, 0.3) is 11.4 Å². The van der Waals surface area contributed by atoms with Crippen molar-refractivity contribution in [3.05, 3.63) is 54.7 Å². The van der Waals surface area contributed by atoms with Gasteiger partial charge in [0.05, 0.1) is 24.4 Å². The van der Waals surface area contributed by atoms with E-state index >= 15 is 0 Å². The molecule has 14 heteroatoms. The molecule has 0 spiro atoms. The molecule has 0 aliphatic heterocycles. The van der Waals surface area contributed by atoms with E-state index in [1.165, 1.54) is 12.4 Å². The Labute approximate surface area is 220 Å². The molecule has 208 valence electrons. The van der Waals surface area contributed by atoms with Gasteiger partial charge in [-0.05, 0) is 38.0 Å². The molecular formula is C25H25F4N5O5. The molecule has 0 bridgehead atoms. The maximum Gasteiger partial charge on any atom is 0.490 e. The number of hydrogen-bond acceptors (Lipinski definition) is 8. The largest absolute Gasteiger partial charge is 0.490 e. The summed E-state index contributed by atoms with van der Waals surface area (Å²) in [6.45, 7) is 2.37. The Morgan fingerprint density at radius 1 is 1.10 bits per heavy atom. The van der Waals surface area contributed by atoms with Gasteiger partial charge in [-0.15, -0.1) is 0 Å². The standard InChI is InChI=1S/C23H24FN5O3.C2HF3O2/c1-2-31-20-8-5-9-26-23(20)32-17-10-15(11-25-14-17)21-27-12-16(13-28-21)22(30)29-19-7-4-3-6-18(19)24;3-2(4,5)1(6)7/h5,8-14,18-19H,2-4,6-7H2,1H3,(H,29,30);(H,6,7)/t18-,19-;/m0./s1. The van der Waals surface area contributed by atoms with E-state index in [0.717, 1.165) is 12.8 Å². The smallest absolute Gasteiger partial charge is 0.488 e. The van der Waals surface area contributed by atoms with Crippen molar-refractivity contribution in [3.63, 3.8) is 0 Å². The topological polar surface area (TPSA) is 136 Å². The number of carboxylic acids is 1. The minimum absolute atomic E-state index is 0.279. The zero-order valence-corrected chi connectivity index (χ0v) is 20.7. The lowest BCUT2D eigenvalue weighted by molar-refractivity contribution is -0.192. The number of carbonyl (C=O) groups excluding carboxylic acids is 1. The third-order valence-corrected chi connectivity index (χ3v) is 5.38. The number of hydrogen-bond donors (Lipinski definition) is 2. The van der Waals surface area contributed by atoms with Gasteiger partial charge in [0.2, 0.25) is 0 Å². The second-order valence-corrected chi connectivity index (χ2v) is 8.23. The first-order valence-corrected chi connectivity index (χ1v) is 11.9. The van der Waals surface area contributed by atoms with Gasteiger partial charge in [0.25, 0.3) is 11.8 Å². The highest BCUT2D eigenvalue weighted by atomic mass is 19.4. The lowest BCUT2D eigenvalue weighted by atomic mass is 9.93. The van der Waals surface area contributed by atoms with Crippen molar-refractivity contribution in [1.82, 2.24) is 25.3 Å². The number of carbonyl (C=O) groups is 2. The number of pyridine rings is 2. The van der Waals surface area contributed by atoms with Crippen LogP contribution in [0, 0.1) is 0 Å². The number of aliphatic carboxylic acids is 1. The Morgan fingerprint density at radius 2 is 1.79 bits per heavy atom. The van der Waals surface area contributed by atoms with Crippen molar-refractivity contribution in [2.24, 2.45) is 0 Å². The molecule has 10 nitrogen and oxygen atoms in total. The Bertz CT molecular complexity index is 1260. The lowest BCUT2D eigenvalue weighted by Crippen LogP contribution is -2.43. The minimum Gasteiger partial charge on any atom is -0.488 e. The molecule has 3 aromatic rings. The Morgan fingerprint density at radius 3 is 2.44 bits per heavy atom. The molecule has 39 heavy (non-hydrogen) atoms. The lowest BCUT2D eigenvalue weighted by Gasteiger charge is -2.26. The maximum atomic E-state index is 14.0. The predicted molar refractivity (Wildman–Crippen MR) is 129 cm³/mol. The number of aromatic nitrogens is 4. The summed E-state index contributed by atoms with van der Waals surface area (Å²) in [5, 5.41) is 9.88. The number of ether oxygens (including phenoxy) is 2. The molecule has 0 saturated heterocycles. The van der Waals surface area contributed by atoms with E-state index < -0.39 is 24.4 Å². The molecule has 1 amide bonds. The molecule has 1 aliphatic carbocycles. The summed E-state index contributed by atoms with van der Waals surface area (Å²) in [5.41, 5.74) is 0.890. The first-order valence-electron chi connectivity index (χ1n) is 11.9. The molecule has 2 N–H and O–H groups in total. The van der Waals surface area contributed by atoms with Gasteiger partial charge in [-0.1, -0.05) is 12.8 Å². The average molecular weight is 551 g/mol. The van der Waals surface area contributed by atoms with Gasteiger partial charge < -0.3 is 19.9 Å². The van der Waals surface area contributed by atoms with E-state index in [4.69, 9.17) is 19.4 Å². The summed E-state index contributed by atoms with van der Waals surface area (Å²) in [4.78, 5) is 38.3. The molecule has 2 atom stereocenters. The maximum absolute atomic E-state index is 14.0. The van der Waals surface area contributed by atoms with E-state index in [1.807, 2.05) is 6.92 Å². The highest BCUT2D eigenvalue weighted by molar-refractivity contribution is 5.94. The van der Waals surface area contributed by atoms with Crippen molar-refractivity contribution < 1.29 is 41.7 Å². The minimum atomic E-state index is -5.08. The number of nitrogens with one attached hydrogen (secondary N) is 1. The molecule has 4 rings (SSSR count). The third-order valence-electron chi connectivity index (χ3n) is 5.38. The van der Waals surface area contributed by atoms with Gasteiger partial charge in [-0.2, -0.15) is 13.2 Å². The van der Waals surface area contributed by atoms with Crippen LogP contribution in [0.3, 0.4) is 0 Å². The fourth-order valence-corrected chi connectivity index (χ4v) is 3.52. The normalized spacial score (nSPS) is 16.8. The number of carboxylic acid groups (broad SMARTS) is 1. The van der Waals surface area contributed by atoms with E-state index in [2.05, 4.69) is 25.3 Å². The Kier molecular flexibility index (Phi) is 10.1. The molecular weight excluding hydrogens is 526 g/mol. The average Bonchev–Trinajstić information content (AvgIpc) is 2.91. The van der Waals surface area contributed by atoms with Crippen molar-refractivity contribution >= 4 is 11.9 Å². The third kappa shape index (κ3) is 8.58. The molecule has 1 saturated carbocycles. The summed E-state index contributed by atoms with van der Waals surface area (Å²) >= 11 is 0. The summed E-state index contributed by atoms with van der Waals surface area (Å²) in [6.07, 6.45) is 4.41. The van der Waals surface area contributed by atoms with Crippen LogP contribution in [0.5, 0.6) is 17.4 Å². The number of alkyl halides is 4. The van der Waals surface area contributed by atoms with Gasteiger partial charge in [-0.25, -0.2) is 24.1 Å². The van der Waals surface area contributed by atoms with E-state index in [1.54, 1.807) is 36.8 Å². The van der Waals surface area contributed by atoms with Crippen LogP contribution in [0.4, 0.5) is 17.6 Å². The van der Waals surface area contributed by atoms with E-state index in [0.29, 0.717) is 48.2 Å². The van der Waals surface area contributed by atoms with Gasteiger partial charge in [0, 0.05) is 30.4 Å². The van der Waals surface area contributed by atoms with Crippen LogP contribution in [0.2, 0.25) is 0 Å². The SMILES string of the molecule is CCOc1cccnc1Oc1cncc(-c2ncc(C(=O)N[C@H]3CCCC[C@@H]3F)cn2)c1.O=C(O)C(F)(F)F. The quantitative estimate of drug-likeness (QED) is 0.398. The Balaban J connectivity index is 0.000000532. The van der Waals surface area contributed by atoms with Gasteiger partial charge >= 0.3 is 12.1 Å². The monoisotopic (exact) mass is 551 g/mol. The van der Waals surface area contributed by atoms with Crippen LogP contribution in [0.1, 0.15) is 43.0 Å². The highest BCUT2D eigenvalue weighted by Gasteiger charge is 2.38. The van der Waals surface area contributed by atoms with Crippen LogP contribution in [0.15, 0.2) is 49.2 Å². The van der Waals surface area contributed by atoms with Gasteiger partial charge in [0.15, 0.2) is 11.6 Å². The molecule has 1 aliphatic rings. The first-order chi connectivity index (χ1) is 18.6. The molecule has 0 unspecified atom stereocenters. The summed E-state index contributed by atoms with van der Waals surface area (Å²) in [5.74, 6) is -1.45. The summed E-state index contributed by atoms with van der Waals surface area (Å²) in [7, 11) is 0. The first kappa shape index (κ1) is 29.2. The molecule has 1 fully saturated rings. The summed E-state index contributed by atoms with van der Waals surface area (Å²) in [6, 6.07) is 4.80. The van der Waals surface area contributed by atoms with E-state index in [9.17, 15) is 22.4 Å². The van der Waals surface area contributed by atoms with Crippen molar-refractivity contribution in [2.45, 2.75) is 51.0 Å². The van der Waals surface area contributed by atoms with Gasteiger partial charge in [0.1, 0.15) is 11.9 Å². The Hall–Kier alpha value is -4.36. The second kappa shape index (κ2) is 13.4. The highest BCUT2D eigenvalue weighted by Crippen LogP contribution is 2.30. The number of nitrogens with zero attached hydrogens (tertiary/aromatic N) is 4. The summed E-state index contributed by atoms with van der Waals surface area (Å²) < 4.78 is 57.1. The zero-order valence-electron chi connectivity index (χ0n) is 20.7. The number of amides is 1. The molecule has 0 aromatic carbocycles. The zero-order chi connectivity index (χ0) is 28.4. The van der Waals surface area contributed by atoms with E-state index in [-0.39, 0.29) is 11.5 Å². The van der Waals surface area contributed by atoms with Crippen molar-refractivity contribution in [2.75, 3.05) is 6.61 Å². The van der Waals surface area contributed by atoms with Crippen LogP contribution in [-0.2, 0) is 4.79 Å². The molecule has 0 radical (unpaired) electrons. The van der Waals surface area contributed by atoms with Crippen molar-refractivity contribution in [3.8, 4) is 28.8 Å². The second-order valence-electron chi connectivity index (χ2n) is 8.23. The molecule has 3 heterocycles. The fourth-order valence-electron chi connectivity index (χ4n) is 3.52.